The van der Waals surface area contributed by atoms with Crippen molar-refractivity contribution in [3.05, 3.63) is 52.1 Å². The number of ether oxygens (including phenoxy) is 1. The summed E-state index contributed by atoms with van der Waals surface area (Å²) in [5.41, 5.74) is 2.84. The highest BCUT2D eigenvalue weighted by molar-refractivity contribution is 9.10. The lowest BCUT2D eigenvalue weighted by Crippen LogP contribution is -2.29. The summed E-state index contributed by atoms with van der Waals surface area (Å²) in [7, 11) is 1.48. The van der Waals surface area contributed by atoms with E-state index >= 15 is 0 Å². The monoisotopic (exact) mass is 314 g/mol. The number of methoxy groups -OCH3 is 1. The molecule has 0 amide bonds. The lowest BCUT2D eigenvalue weighted by molar-refractivity contribution is 0.384. The first-order valence-electron chi connectivity index (χ1n) is 5.20. The molecule has 1 atom stereocenters. The number of benzene rings is 1. The second-order valence-electron chi connectivity index (χ2n) is 3.59. The lowest BCUT2D eigenvalue weighted by atomic mass is 10.0. The Kier molecular flexibility index (Phi) is 4.00. The number of hydrogen-bond acceptors (Lipinski definition) is 4. The standard InChI is InChI=1S/C12H12BrFN2O2/c1-17-9-4-2-3-8(14)10(9)11(16-15)12-7(13)5-6-18-12/h2-6,11,16H,15H2,1H3. The molecule has 0 saturated heterocycles. The average Bonchev–Trinajstić information content (AvgIpc) is 2.79. The van der Waals surface area contributed by atoms with Crippen molar-refractivity contribution in [2.45, 2.75) is 6.04 Å². The molecule has 3 N–H and O–H groups in total. The zero-order valence-corrected chi connectivity index (χ0v) is 11.2. The van der Waals surface area contributed by atoms with Crippen LogP contribution in [0, 0.1) is 5.82 Å². The first-order chi connectivity index (χ1) is 8.69. The van der Waals surface area contributed by atoms with Crippen LogP contribution in [0.15, 0.2) is 39.4 Å². The number of nitrogens with one attached hydrogen (secondary N) is 1. The highest BCUT2D eigenvalue weighted by atomic mass is 79.9. The Balaban J connectivity index is 2.55. The molecule has 0 bridgehead atoms. The molecule has 1 heterocycles. The zero-order chi connectivity index (χ0) is 13.1. The molecule has 0 aliphatic heterocycles. The summed E-state index contributed by atoms with van der Waals surface area (Å²) in [4.78, 5) is 0. The van der Waals surface area contributed by atoms with Crippen molar-refractivity contribution in [2.24, 2.45) is 5.84 Å². The molecule has 0 saturated carbocycles. The molecule has 2 rings (SSSR count). The predicted molar refractivity (Wildman–Crippen MR) is 68.5 cm³/mol. The van der Waals surface area contributed by atoms with Crippen molar-refractivity contribution in [3.63, 3.8) is 0 Å². The van der Waals surface area contributed by atoms with Gasteiger partial charge in [-0.1, -0.05) is 6.07 Å². The van der Waals surface area contributed by atoms with Gasteiger partial charge in [0.2, 0.25) is 0 Å². The first kappa shape index (κ1) is 13.1. The third-order valence-electron chi connectivity index (χ3n) is 2.60. The second-order valence-corrected chi connectivity index (χ2v) is 4.44. The minimum atomic E-state index is -0.634. The maximum atomic E-state index is 14.0. The fourth-order valence-electron chi connectivity index (χ4n) is 1.78. The lowest BCUT2D eigenvalue weighted by Gasteiger charge is -2.18. The Labute approximate surface area is 112 Å². The van der Waals surface area contributed by atoms with Crippen molar-refractivity contribution in [2.75, 3.05) is 7.11 Å². The second kappa shape index (κ2) is 5.51. The van der Waals surface area contributed by atoms with E-state index in [0.29, 0.717) is 21.5 Å². The molecular weight excluding hydrogens is 303 g/mol. The summed E-state index contributed by atoms with van der Waals surface area (Å²) in [6, 6.07) is 5.67. The normalized spacial score (nSPS) is 12.4. The van der Waals surface area contributed by atoms with Gasteiger partial charge in [-0.2, -0.15) is 0 Å². The molecule has 96 valence electrons. The molecule has 0 fully saturated rings. The van der Waals surface area contributed by atoms with Crippen LogP contribution in [0.1, 0.15) is 17.4 Å². The zero-order valence-electron chi connectivity index (χ0n) is 9.61. The van der Waals surface area contributed by atoms with Crippen LogP contribution in [0.2, 0.25) is 0 Å². The van der Waals surface area contributed by atoms with Gasteiger partial charge >= 0.3 is 0 Å². The molecule has 6 heteroatoms. The van der Waals surface area contributed by atoms with Gasteiger partial charge in [-0.3, -0.25) is 5.84 Å². The van der Waals surface area contributed by atoms with E-state index in [9.17, 15) is 4.39 Å². The fraction of sp³-hybridized carbons (Fsp3) is 0.167. The number of rotatable bonds is 4. The first-order valence-corrected chi connectivity index (χ1v) is 5.99. The summed E-state index contributed by atoms with van der Waals surface area (Å²) >= 11 is 3.32. The van der Waals surface area contributed by atoms with E-state index in [1.165, 1.54) is 19.4 Å². The molecule has 0 radical (unpaired) electrons. The Hall–Kier alpha value is -1.37. The number of halogens is 2. The summed E-state index contributed by atoms with van der Waals surface area (Å²) in [6.07, 6.45) is 1.50. The molecule has 18 heavy (non-hydrogen) atoms. The van der Waals surface area contributed by atoms with Gasteiger partial charge in [-0.25, -0.2) is 9.82 Å². The molecule has 1 aromatic carbocycles. The van der Waals surface area contributed by atoms with E-state index in [4.69, 9.17) is 15.0 Å². The highest BCUT2D eigenvalue weighted by Gasteiger charge is 2.25. The van der Waals surface area contributed by atoms with E-state index in [0.717, 1.165) is 0 Å². The summed E-state index contributed by atoms with van der Waals surface area (Å²) < 4.78 is 25.1. The van der Waals surface area contributed by atoms with Gasteiger partial charge in [-0.05, 0) is 34.1 Å². The third kappa shape index (κ3) is 2.27. The Morgan fingerprint density at radius 3 is 2.78 bits per heavy atom. The molecule has 0 aliphatic carbocycles. The van der Waals surface area contributed by atoms with Crippen LogP contribution >= 0.6 is 15.9 Å². The maximum absolute atomic E-state index is 14.0. The SMILES string of the molecule is COc1cccc(F)c1C(NN)c1occc1Br. The van der Waals surface area contributed by atoms with Gasteiger partial charge in [0.1, 0.15) is 23.4 Å². The van der Waals surface area contributed by atoms with Gasteiger partial charge in [-0.15, -0.1) is 0 Å². The van der Waals surface area contributed by atoms with Crippen LogP contribution < -0.4 is 16.0 Å². The van der Waals surface area contributed by atoms with Gasteiger partial charge in [0.25, 0.3) is 0 Å². The number of hydrazine groups is 1. The molecular formula is C12H12BrFN2O2. The van der Waals surface area contributed by atoms with Crippen molar-refractivity contribution in [1.29, 1.82) is 0 Å². The number of hydrogen-bond donors (Lipinski definition) is 2. The average molecular weight is 315 g/mol. The molecule has 4 nitrogen and oxygen atoms in total. The minimum absolute atomic E-state index is 0.304. The van der Waals surface area contributed by atoms with Crippen LogP contribution in [-0.4, -0.2) is 7.11 Å². The van der Waals surface area contributed by atoms with Crippen molar-refractivity contribution >= 4 is 15.9 Å². The largest absolute Gasteiger partial charge is 0.496 e. The van der Waals surface area contributed by atoms with Crippen LogP contribution in [0.3, 0.4) is 0 Å². The van der Waals surface area contributed by atoms with E-state index in [1.54, 1.807) is 18.2 Å². The van der Waals surface area contributed by atoms with E-state index in [-0.39, 0.29) is 0 Å². The van der Waals surface area contributed by atoms with Crippen LogP contribution in [0.4, 0.5) is 4.39 Å². The summed E-state index contributed by atoms with van der Waals surface area (Å²) in [5, 5.41) is 0. The Morgan fingerprint density at radius 1 is 1.44 bits per heavy atom. The Morgan fingerprint density at radius 2 is 2.22 bits per heavy atom. The van der Waals surface area contributed by atoms with Gasteiger partial charge in [0, 0.05) is 0 Å². The smallest absolute Gasteiger partial charge is 0.140 e. The fourth-order valence-corrected chi connectivity index (χ4v) is 2.21. The molecule has 1 aromatic heterocycles. The van der Waals surface area contributed by atoms with Gasteiger partial charge in [0.15, 0.2) is 0 Å². The molecule has 2 aromatic rings. The maximum Gasteiger partial charge on any atom is 0.140 e. The van der Waals surface area contributed by atoms with Crippen LogP contribution in [-0.2, 0) is 0 Å². The quantitative estimate of drug-likeness (QED) is 0.673. The van der Waals surface area contributed by atoms with Crippen molar-refractivity contribution in [1.82, 2.24) is 5.43 Å². The summed E-state index contributed by atoms with van der Waals surface area (Å²) in [6.45, 7) is 0. The van der Waals surface area contributed by atoms with Gasteiger partial charge in [0.05, 0.1) is 23.4 Å². The van der Waals surface area contributed by atoms with E-state index in [2.05, 4.69) is 21.4 Å². The number of furan rings is 1. The van der Waals surface area contributed by atoms with Crippen molar-refractivity contribution < 1.29 is 13.5 Å². The topological polar surface area (TPSA) is 60.4 Å². The van der Waals surface area contributed by atoms with E-state index < -0.39 is 11.9 Å². The van der Waals surface area contributed by atoms with Gasteiger partial charge < -0.3 is 9.15 Å². The van der Waals surface area contributed by atoms with Crippen LogP contribution in [0.5, 0.6) is 5.75 Å². The van der Waals surface area contributed by atoms with Crippen molar-refractivity contribution in [3.8, 4) is 5.75 Å². The molecule has 1 unspecified atom stereocenters. The number of nitrogens with two attached hydrogens (primary N) is 1. The third-order valence-corrected chi connectivity index (χ3v) is 3.25. The highest BCUT2D eigenvalue weighted by Crippen LogP contribution is 2.35. The Bertz CT molecular complexity index is 545. The van der Waals surface area contributed by atoms with Crippen LogP contribution in [0.25, 0.3) is 0 Å². The molecule has 0 aliphatic rings. The summed E-state index contributed by atoms with van der Waals surface area (Å²) in [5.74, 6) is 5.98. The predicted octanol–water partition coefficient (Wildman–Crippen LogP) is 2.74. The van der Waals surface area contributed by atoms with E-state index in [1.807, 2.05) is 0 Å². The molecule has 0 spiro atoms. The minimum Gasteiger partial charge on any atom is -0.496 e.